The van der Waals surface area contributed by atoms with E-state index in [1.165, 1.54) is 0 Å². The van der Waals surface area contributed by atoms with E-state index in [1.54, 1.807) is 0 Å². The standard InChI is InChI=1S/C12H18O9/c1-5(14)9(18)11(20,6(2)15)12(21,7(3)16)10(19)8(17)4-13/h8,10,13,17,19-21H,4H2,1-3H3/t8-,10+,11+,12+/m1/s1. The number of aliphatic hydroxyl groups excluding tert-OH is 3. The molecule has 0 aromatic heterocycles. The van der Waals surface area contributed by atoms with Gasteiger partial charge in [0.2, 0.25) is 11.4 Å². The molecule has 0 spiro atoms. The molecule has 0 unspecified atom stereocenters. The lowest BCUT2D eigenvalue weighted by Crippen LogP contribution is -2.74. The lowest BCUT2D eigenvalue weighted by atomic mass is 9.69. The normalized spacial score (nSPS) is 19.8. The van der Waals surface area contributed by atoms with Crippen molar-refractivity contribution in [2.45, 2.75) is 44.2 Å². The summed E-state index contributed by atoms with van der Waals surface area (Å²) in [6.45, 7) is 0.798. The third-order valence-corrected chi connectivity index (χ3v) is 3.23. The molecule has 0 aromatic rings. The average Bonchev–Trinajstić information content (AvgIpc) is 2.41. The van der Waals surface area contributed by atoms with Crippen LogP contribution in [0.3, 0.4) is 0 Å². The highest BCUT2D eigenvalue weighted by molar-refractivity contribution is 6.45. The summed E-state index contributed by atoms with van der Waals surface area (Å²) in [6, 6.07) is 0. The summed E-state index contributed by atoms with van der Waals surface area (Å²) in [6.07, 6.45) is -4.73. The Labute approximate surface area is 119 Å². The minimum atomic E-state index is -3.58. The molecule has 0 bridgehead atoms. The van der Waals surface area contributed by atoms with Crippen LogP contribution < -0.4 is 0 Å². The Morgan fingerprint density at radius 3 is 1.62 bits per heavy atom. The number of ketones is 4. The first-order chi connectivity index (χ1) is 9.38. The zero-order valence-corrected chi connectivity index (χ0v) is 11.7. The third kappa shape index (κ3) is 2.92. The molecule has 0 fully saturated rings. The van der Waals surface area contributed by atoms with E-state index in [0.29, 0.717) is 20.8 Å². The molecule has 0 aliphatic rings. The Bertz CT molecular complexity index is 471. The number of aliphatic hydroxyl groups is 5. The van der Waals surface area contributed by atoms with Crippen molar-refractivity contribution in [3.63, 3.8) is 0 Å². The van der Waals surface area contributed by atoms with Gasteiger partial charge in [-0.1, -0.05) is 0 Å². The highest BCUT2D eigenvalue weighted by Gasteiger charge is 2.66. The van der Waals surface area contributed by atoms with Gasteiger partial charge < -0.3 is 25.5 Å². The fraction of sp³-hybridized carbons (Fsp3) is 0.667. The van der Waals surface area contributed by atoms with E-state index in [2.05, 4.69) is 0 Å². The summed E-state index contributed by atoms with van der Waals surface area (Å²) in [7, 11) is 0. The van der Waals surface area contributed by atoms with Crippen molar-refractivity contribution in [3.8, 4) is 0 Å². The quantitative estimate of drug-likeness (QED) is 0.225. The minimum Gasteiger partial charge on any atom is -0.394 e. The van der Waals surface area contributed by atoms with Crippen LogP contribution in [-0.4, -0.2) is 78.7 Å². The molecule has 5 N–H and O–H groups in total. The Morgan fingerprint density at radius 2 is 1.38 bits per heavy atom. The predicted molar refractivity (Wildman–Crippen MR) is 66.0 cm³/mol. The monoisotopic (exact) mass is 306 g/mol. The smallest absolute Gasteiger partial charge is 0.240 e. The van der Waals surface area contributed by atoms with Gasteiger partial charge in [0.05, 0.1) is 6.61 Å². The van der Waals surface area contributed by atoms with Gasteiger partial charge in [-0.3, -0.25) is 19.2 Å². The van der Waals surface area contributed by atoms with E-state index < -0.39 is 53.1 Å². The molecular weight excluding hydrogens is 288 g/mol. The maximum absolute atomic E-state index is 11.8. The second kappa shape index (κ2) is 6.50. The Kier molecular flexibility index (Phi) is 6.03. The second-order valence-electron chi connectivity index (χ2n) is 4.67. The molecule has 0 heterocycles. The van der Waals surface area contributed by atoms with Crippen LogP contribution in [0.25, 0.3) is 0 Å². The van der Waals surface area contributed by atoms with Gasteiger partial charge in [0.15, 0.2) is 23.0 Å². The number of hydrogen-bond donors (Lipinski definition) is 5. The first-order valence-corrected chi connectivity index (χ1v) is 5.88. The molecule has 9 heteroatoms. The van der Waals surface area contributed by atoms with Crippen molar-refractivity contribution >= 4 is 23.1 Å². The molecule has 0 amide bonds. The van der Waals surface area contributed by atoms with Gasteiger partial charge in [-0.05, 0) is 13.8 Å². The van der Waals surface area contributed by atoms with Gasteiger partial charge in [0, 0.05) is 6.92 Å². The topological polar surface area (TPSA) is 169 Å². The molecule has 0 saturated carbocycles. The van der Waals surface area contributed by atoms with E-state index in [1.807, 2.05) is 0 Å². The molecule has 21 heavy (non-hydrogen) atoms. The first kappa shape index (κ1) is 19.5. The highest BCUT2D eigenvalue weighted by Crippen LogP contribution is 2.31. The Morgan fingerprint density at radius 1 is 0.952 bits per heavy atom. The second-order valence-corrected chi connectivity index (χ2v) is 4.67. The molecule has 0 aromatic carbocycles. The molecule has 0 radical (unpaired) electrons. The third-order valence-electron chi connectivity index (χ3n) is 3.23. The lowest BCUT2D eigenvalue weighted by Gasteiger charge is -2.42. The largest absolute Gasteiger partial charge is 0.394 e. The number of rotatable bonds is 8. The van der Waals surface area contributed by atoms with Crippen LogP contribution in [0.1, 0.15) is 20.8 Å². The van der Waals surface area contributed by atoms with Gasteiger partial charge in [-0.2, -0.15) is 0 Å². The SMILES string of the molecule is CC(=O)C(=O)[C@@](O)(C(C)=O)[C@](O)(C(C)=O)[C@@H](O)[C@H](O)CO. The molecule has 9 nitrogen and oxygen atoms in total. The van der Waals surface area contributed by atoms with Crippen LogP contribution in [0.2, 0.25) is 0 Å². The molecule has 0 rings (SSSR count). The van der Waals surface area contributed by atoms with Gasteiger partial charge in [0.1, 0.15) is 12.2 Å². The zero-order chi connectivity index (χ0) is 17.2. The van der Waals surface area contributed by atoms with Crippen LogP contribution in [0.5, 0.6) is 0 Å². The molecule has 0 aliphatic heterocycles. The van der Waals surface area contributed by atoms with Crippen LogP contribution in [0.4, 0.5) is 0 Å². The van der Waals surface area contributed by atoms with Crippen LogP contribution in [0.15, 0.2) is 0 Å². The zero-order valence-electron chi connectivity index (χ0n) is 11.7. The van der Waals surface area contributed by atoms with E-state index >= 15 is 0 Å². The fourth-order valence-corrected chi connectivity index (χ4v) is 1.91. The Balaban J connectivity index is 6.36. The first-order valence-electron chi connectivity index (χ1n) is 5.88. The minimum absolute atomic E-state index is 0.618. The van der Waals surface area contributed by atoms with Crippen LogP contribution in [0, 0.1) is 0 Å². The number of hydrogen-bond acceptors (Lipinski definition) is 9. The van der Waals surface area contributed by atoms with Crippen LogP contribution in [-0.2, 0) is 19.2 Å². The van der Waals surface area contributed by atoms with Crippen molar-refractivity contribution in [2.24, 2.45) is 0 Å². The molecular formula is C12H18O9. The fourth-order valence-electron chi connectivity index (χ4n) is 1.91. The maximum atomic E-state index is 11.8. The van der Waals surface area contributed by atoms with Crippen molar-refractivity contribution in [1.29, 1.82) is 0 Å². The van der Waals surface area contributed by atoms with Crippen molar-refractivity contribution in [1.82, 2.24) is 0 Å². The highest BCUT2D eigenvalue weighted by atomic mass is 16.4. The lowest BCUT2D eigenvalue weighted by molar-refractivity contribution is -0.216. The van der Waals surface area contributed by atoms with Gasteiger partial charge in [-0.25, -0.2) is 0 Å². The molecule has 4 atom stereocenters. The number of Topliss-reactive ketones (excluding diaryl/α,β-unsaturated/α-hetero) is 4. The maximum Gasteiger partial charge on any atom is 0.240 e. The van der Waals surface area contributed by atoms with Crippen molar-refractivity contribution in [2.75, 3.05) is 6.61 Å². The van der Waals surface area contributed by atoms with Gasteiger partial charge in [-0.15, -0.1) is 0 Å². The summed E-state index contributed by atoms with van der Waals surface area (Å²) in [4.78, 5) is 46.1. The van der Waals surface area contributed by atoms with Crippen molar-refractivity contribution < 1.29 is 44.7 Å². The summed E-state index contributed by atoms with van der Waals surface area (Å²) < 4.78 is 0. The summed E-state index contributed by atoms with van der Waals surface area (Å²) in [5.41, 5.74) is -7.08. The average molecular weight is 306 g/mol. The summed E-state index contributed by atoms with van der Waals surface area (Å²) >= 11 is 0. The van der Waals surface area contributed by atoms with E-state index in [9.17, 15) is 39.6 Å². The molecule has 0 saturated heterocycles. The molecule has 120 valence electrons. The predicted octanol–water partition coefficient (Wildman–Crippen LogP) is -3.50. The van der Waals surface area contributed by atoms with E-state index in [-0.39, 0.29) is 0 Å². The number of carbonyl (C=O) groups is 4. The van der Waals surface area contributed by atoms with Gasteiger partial charge >= 0.3 is 0 Å². The Hall–Kier alpha value is -1.52. The van der Waals surface area contributed by atoms with E-state index in [4.69, 9.17) is 5.11 Å². The summed E-state index contributed by atoms with van der Waals surface area (Å²) in [5, 5.41) is 48.3. The summed E-state index contributed by atoms with van der Waals surface area (Å²) in [5.74, 6) is -6.10. The number of carbonyl (C=O) groups excluding carboxylic acids is 4. The van der Waals surface area contributed by atoms with Crippen LogP contribution >= 0.6 is 0 Å². The van der Waals surface area contributed by atoms with E-state index in [0.717, 1.165) is 0 Å². The molecule has 0 aliphatic carbocycles. The van der Waals surface area contributed by atoms with Crippen molar-refractivity contribution in [3.05, 3.63) is 0 Å². The van der Waals surface area contributed by atoms with Gasteiger partial charge in [0.25, 0.3) is 0 Å².